The highest BCUT2D eigenvalue weighted by atomic mass is 16.2. The fourth-order valence-corrected chi connectivity index (χ4v) is 2.67. The van der Waals surface area contributed by atoms with Crippen LogP contribution in [0.15, 0.2) is 42.9 Å². The van der Waals surface area contributed by atoms with Crippen LogP contribution >= 0.6 is 0 Å². The summed E-state index contributed by atoms with van der Waals surface area (Å²) in [5.41, 5.74) is 2.27. The summed E-state index contributed by atoms with van der Waals surface area (Å²) >= 11 is 0. The Labute approximate surface area is 124 Å². The standard InChI is InChI=1S/C16H20N4O/c1-19-12-17-9-14(19)10-18-15-7-8-20(16(15)21)11-13-5-3-2-4-6-13/h2-6,9,12,15,18H,7-8,10-11H2,1H3/t15-/m0/s1. The van der Waals surface area contributed by atoms with Gasteiger partial charge in [0.1, 0.15) is 0 Å². The normalized spacial score (nSPS) is 18.4. The van der Waals surface area contributed by atoms with Crippen molar-refractivity contribution < 1.29 is 4.79 Å². The lowest BCUT2D eigenvalue weighted by Crippen LogP contribution is -2.37. The number of benzene rings is 1. The van der Waals surface area contributed by atoms with Crippen molar-refractivity contribution in [3.63, 3.8) is 0 Å². The molecule has 1 aromatic carbocycles. The Morgan fingerprint density at radius 3 is 2.86 bits per heavy atom. The van der Waals surface area contributed by atoms with E-state index in [2.05, 4.69) is 22.4 Å². The first-order chi connectivity index (χ1) is 10.2. The molecule has 0 radical (unpaired) electrons. The third-order valence-electron chi connectivity index (χ3n) is 3.96. The van der Waals surface area contributed by atoms with Gasteiger partial charge in [0.25, 0.3) is 0 Å². The molecule has 0 saturated carbocycles. The predicted octanol–water partition coefficient (Wildman–Crippen LogP) is 1.31. The molecule has 1 aliphatic rings. The molecule has 0 spiro atoms. The highest BCUT2D eigenvalue weighted by Crippen LogP contribution is 2.15. The lowest BCUT2D eigenvalue weighted by atomic mass is 10.2. The molecular weight excluding hydrogens is 264 g/mol. The Bertz CT molecular complexity index is 608. The summed E-state index contributed by atoms with van der Waals surface area (Å²) in [5.74, 6) is 0.195. The van der Waals surface area contributed by atoms with Crippen molar-refractivity contribution in [2.45, 2.75) is 25.6 Å². The summed E-state index contributed by atoms with van der Waals surface area (Å²) in [6.45, 7) is 2.19. The van der Waals surface area contributed by atoms with Crippen molar-refractivity contribution in [2.24, 2.45) is 7.05 Å². The third-order valence-corrected chi connectivity index (χ3v) is 3.96. The second-order valence-electron chi connectivity index (χ2n) is 5.46. The zero-order chi connectivity index (χ0) is 14.7. The lowest BCUT2D eigenvalue weighted by Gasteiger charge is -2.17. The summed E-state index contributed by atoms with van der Waals surface area (Å²) in [5, 5.41) is 3.34. The molecule has 1 fully saturated rings. The van der Waals surface area contributed by atoms with Crippen LogP contribution in [0.3, 0.4) is 0 Å². The number of likely N-dealkylation sites (tertiary alicyclic amines) is 1. The maximum Gasteiger partial charge on any atom is 0.240 e. The van der Waals surface area contributed by atoms with Gasteiger partial charge in [0, 0.05) is 32.9 Å². The van der Waals surface area contributed by atoms with Crippen LogP contribution in [0, 0.1) is 0 Å². The van der Waals surface area contributed by atoms with E-state index in [0.29, 0.717) is 13.1 Å². The number of carbonyl (C=O) groups is 1. The van der Waals surface area contributed by atoms with Crippen LogP contribution < -0.4 is 5.32 Å². The molecular formula is C16H20N4O. The molecule has 3 rings (SSSR count). The number of hydrogen-bond acceptors (Lipinski definition) is 3. The Kier molecular flexibility index (Phi) is 4.01. The maximum absolute atomic E-state index is 12.4. The SMILES string of the molecule is Cn1cncc1CN[C@H]1CCN(Cc2ccccc2)C1=O. The third kappa shape index (κ3) is 3.13. The monoisotopic (exact) mass is 284 g/mol. The van der Waals surface area contributed by atoms with E-state index in [1.165, 1.54) is 5.56 Å². The molecule has 21 heavy (non-hydrogen) atoms. The van der Waals surface area contributed by atoms with Crippen molar-refractivity contribution in [3.8, 4) is 0 Å². The molecule has 5 heteroatoms. The first kappa shape index (κ1) is 13.8. The average Bonchev–Trinajstić information content (AvgIpc) is 3.06. The zero-order valence-electron chi connectivity index (χ0n) is 12.2. The van der Waals surface area contributed by atoms with E-state index in [4.69, 9.17) is 0 Å². The molecule has 1 N–H and O–H groups in total. The number of amides is 1. The number of rotatable bonds is 5. The molecule has 1 amide bonds. The predicted molar refractivity (Wildman–Crippen MR) is 80.3 cm³/mol. The van der Waals surface area contributed by atoms with E-state index >= 15 is 0 Å². The number of aromatic nitrogens is 2. The molecule has 0 bridgehead atoms. The van der Waals surface area contributed by atoms with E-state index < -0.39 is 0 Å². The molecule has 2 heterocycles. The topological polar surface area (TPSA) is 50.2 Å². The maximum atomic E-state index is 12.4. The van der Waals surface area contributed by atoms with E-state index in [1.54, 1.807) is 6.33 Å². The lowest BCUT2D eigenvalue weighted by molar-refractivity contribution is -0.129. The van der Waals surface area contributed by atoms with E-state index in [9.17, 15) is 4.79 Å². The van der Waals surface area contributed by atoms with Gasteiger partial charge in [-0.1, -0.05) is 30.3 Å². The molecule has 0 aliphatic carbocycles. The molecule has 1 atom stereocenters. The summed E-state index contributed by atoms with van der Waals surface area (Å²) in [6.07, 6.45) is 4.47. The van der Waals surface area contributed by atoms with Gasteiger partial charge in [-0.05, 0) is 12.0 Å². The zero-order valence-corrected chi connectivity index (χ0v) is 12.2. The number of hydrogen-bond donors (Lipinski definition) is 1. The average molecular weight is 284 g/mol. The van der Waals surface area contributed by atoms with Gasteiger partial charge in [0.15, 0.2) is 0 Å². The number of aryl methyl sites for hydroxylation is 1. The van der Waals surface area contributed by atoms with Crippen LogP contribution in [0.25, 0.3) is 0 Å². The van der Waals surface area contributed by atoms with Gasteiger partial charge in [-0.15, -0.1) is 0 Å². The van der Waals surface area contributed by atoms with Crippen molar-refractivity contribution in [1.82, 2.24) is 19.8 Å². The van der Waals surface area contributed by atoms with Crippen LogP contribution in [-0.4, -0.2) is 32.9 Å². The molecule has 0 unspecified atom stereocenters. The minimum Gasteiger partial charge on any atom is -0.337 e. The number of carbonyl (C=O) groups excluding carboxylic acids is 1. The summed E-state index contributed by atoms with van der Waals surface area (Å²) in [7, 11) is 1.96. The number of nitrogens with one attached hydrogen (secondary N) is 1. The van der Waals surface area contributed by atoms with Gasteiger partial charge < -0.3 is 14.8 Å². The van der Waals surface area contributed by atoms with Gasteiger partial charge in [-0.25, -0.2) is 4.98 Å². The fraction of sp³-hybridized carbons (Fsp3) is 0.375. The summed E-state index contributed by atoms with van der Waals surface area (Å²) in [4.78, 5) is 18.4. The quantitative estimate of drug-likeness (QED) is 0.900. The molecule has 1 saturated heterocycles. The van der Waals surface area contributed by atoms with E-state index in [1.807, 2.05) is 40.9 Å². The Morgan fingerprint density at radius 2 is 2.14 bits per heavy atom. The van der Waals surface area contributed by atoms with Gasteiger partial charge in [0.2, 0.25) is 5.91 Å². The fourth-order valence-electron chi connectivity index (χ4n) is 2.67. The van der Waals surface area contributed by atoms with Crippen LogP contribution in [0.5, 0.6) is 0 Å². The second-order valence-corrected chi connectivity index (χ2v) is 5.46. The van der Waals surface area contributed by atoms with Crippen molar-refractivity contribution >= 4 is 5.91 Å². The second kappa shape index (κ2) is 6.10. The number of imidazole rings is 1. The first-order valence-corrected chi connectivity index (χ1v) is 7.25. The highest BCUT2D eigenvalue weighted by molar-refractivity contribution is 5.83. The van der Waals surface area contributed by atoms with Crippen LogP contribution in [0.2, 0.25) is 0 Å². The van der Waals surface area contributed by atoms with Gasteiger partial charge in [-0.3, -0.25) is 4.79 Å². The Morgan fingerprint density at radius 1 is 1.33 bits per heavy atom. The largest absolute Gasteiger partial charge is 0.337 e. The van der Waals surface area contributed by atoms with Crippen LogP contribution in [-0.2, 0) is 24.9 Å². The minimum absolute atomic E-state index is 0.0800. The molecule has 110 valence electrons. The van der Waals surface area contributed by atoms with E-state index in [0.717, 1.165) is 18.7 Å². The Hall–Kier alpha value is -2.14. The van der Waals surface area contributed by atoms with Crippen molar-refractivity contribution in [2.75, 3.05) is 6.54 Å². The molecule has 2 aromatic rings. The smallest absolute Gasteiger partial charge is 0.240 e. The Balaban J connectivity index is 1.55. The summed E-state index contributed by atoms with van der Waals surface area (Å²) in [6, 6.07) is 10.0. The van der Waals surface area contributed by atoms with Gasteiger partial charge in [-0.2, -0.15) is 0 Å². The van der Waals surface area contributed by atoms with Crippen molar-refractivity contribution in [1.29, 1.82) is 0 Å². The summed E-state index contributed by atoms with van der Waals surface area (Å²) < 4.78 is 1.97. The molecule has 1 aliphatic heterocycles. The molecule has 5 nitrogen and oxygen atoms in total. The van der Waals surface area contributed by atoms with E-state index in [-0.39, 0.29) is 11.9 Å². The first-order valence-electron chi connectivity index (χ1n) is 7.25. The van der Waals surface area contributed by atoms with Gasteiger partial charge >= 0.3 is 0 Å². The van der Waals surface area contributed by atoms with Crippen molar-refractivity contribution in [3.05, 3.63) is 54.1 Å². The van der Waals surface area contributed by atoms with Crippen LogP contribution in [0.1, 0.15) is 17.7 Å². The number of nitrogens with zero attached hydrogens (tertiary/aromatic N) is 3. The van der Waals surface area contributed by atoms with Gasteiger partial charge in [0.05, 0.1) is 18.1 Å². The minimum atomic E-state index is -0.0800. The van der Waals surface area contributed by atoms with Crippen LogP contribution in [0.4, 0.5) is 0 Å². The highest BCUT2D eigenvalue weighted by Gasteiger charge is 2.31. The molecule has 1 aromatic heterocycles.